The second kappa shape index (κ2) is 5.44. The average molecular weight is 307 g/mol. The van der Waals surface area contributed by atoms with Crippen LogP contribution in [0.25, 0.3) is 5.65 Å². The summed E-state index contributed by atoms with van der Waals surface area (Å²) in [5.74, 6) is 0. The molecule has 3 nitrogen and oxygen atoms in total. The Labute approximate surface area is 126 Å². The number of aliphatic hydroxyl groups is 1. The van der Waals surface area contributed by atoms with E-state index in [0.29, 0.717) is 22.2 Å². The molecule has 0 amide bonds. The molecule has 0 saturated heterocycles. The summed E-state index contributed by atoms with van der Waals surface area (Å²) in [6.07, 6.45) is 3.50. The van der Waals surface area contributed by atoms with Gasteiger partial charge in [-0.1, -0.05) is 35.3 Å². The molecule has 0 fully saturated rings. The molecule has 20 heavy (non-hydrogen) atoms. The number of fused-ring (bicyclic) bond motifs is 1. The van der Waals surface area contributed by atoms with Crippen molar-refractivity contribution in [1.82, 2.24) is 9.38 Å². The van der Waals surface area contributed by atoms with Crippen molar-refractivity contribution in [2.75, 3.05) is 0 Å². The van der Waals surface area contributed by atoms with Gasteiger partial charge in [-0.15, -0.1) is 0 Å². The van der Waals surface area contributed by atoms with E-state index < -0.39 is 6.10 Å². The fourth-order valence-corrected chi connectivity index (χ4v) is 2.43. The maximum absolute atomic E-state index is 10.3. The molecule has 0 bridgehead atoms. The fraction of sp³-hybridized carbons (Fsp3) is 0.133. The Morgan fingerprint density at radius 3 is 2.75 bits per heavy atom. The molecule has 2 heterocycles. The lowest BCUT2D eigenvalue weighted by Gasteiger charge is -2.08. The zero-order chi connectivity index (χ0) is 14.1. The van der Waals surface area contributed by atoms with Crippen molar-refractivity contribution in [2.45, 2.75) is 12.5 Å². The lowest BCUT2D eigenvalue weighted by molar-refractivity contribution is 0.174. The second-order valence-corrected chi connectivity index (χ2v) is 5.41. The van der Waals surface area contributed by atoms with E-state index in [4.69, 9.17) is 23.2 Å². The van der Waals surface area contributed by atoms with Crippen molar-refractivity contribution < 1.29 is 5.11 Å². The molecule has 0 aliphatic carbocycles. The Balaban J connectivity index is 1.84. The van der Waals surface area contributed by atoms with Gasteiger partial charge in [0.2, 0.25) is 0 Å². The van der Waals surface area contributed by atoms with E-state index in [1.165, 1.54) is 0 Å². The minimum absolute atomic E-state index is 0.445. The largest absolute Gasteiger partial charge is 0.386 e. The predicted octanol–water partition coefficient (Wildman–Crippen LogP) is 3.92. The molecular weight excluding hydrogens is 295 g/mol. The van der Waals surface area contributed by atoms with Gasteiger partial charge in [0.15, 0.2) is 0 Å². The summed E-state index contributed by atoms with van der Waals surface area (Å²) < 4.78 is 1.88. The number of imidazole rings is 1. The first kappa shape index (κ1) is 13.4. The van der Waals surface area contributed by atoms with Crippen LogP contribution in [0, 0.1) is 0 Å². The SMILES string of the molecule is OC(Cc1ccc(Cl)c(Cl)c1)c1cn2ccccc2n1. The summed E-state index contributed by atoms with van der Waals surface area (Å²) in [7, 11) is 0. The van der Waals surface area contributed by atoms with Crippen LogP contribution in [-0.2, 0) is 6.42 Å². The maximum atomic E-state index is 10.3. The van der Waals surface area contributed by atoms with E-state index in [2.05, 4.69) is 4.98 Å². The Morgan fingerprint density at radius 2 is 2.00 bits per heavy atom. The third-order valence-corrected chi connectivity index (χ3v) is 3.88. The molecule has 3 aromatic rings. The first-order valence-corrected chi connectivity index (χ1v) is 6.95. The number of halogens is 2. The van der Waals surface area contributed by atoms with Crippen molar-refractivity contribution in [3.8, 4) is 0 Å². The summed E-state index contributed by atoms with van der Waals surface area (Å²) >= 11 is 11.9. The van der Waals surface area contributed by atoms with Gasteiger partial charge >= 0.3 is 0 Å². The number of pyridine rings is 1. The summed E-state index contributed by atoms with van der Waals surface area (Å²) in [6.45, 7) is 0. The second-order valence-electron chi connectivity index (χ2n) is 4.60. The van der Waals surface area contributed by atoms with Gasteiger partial charge in [-0.05, 0) is 29.8 Å². The Kier molecular flexibility index (Phi) is 3.66. The van der Waals surface area contributed by atoms with Gasteiger partial charge in [0.1, 0.15) is 11.8 Å². The first-order valence-electron chi connectivity index (χ1n) is 6.19. The van der Waals surface area contributed by atoms with Gasteiger partial charge in [-0.2, -0.15) is 0 Å². The first-order chi connectivity index (χ1) is 9.63. The Bertz CT molecular complexity index is 721. The Hall–Kier alpha value is -1.55. The van der Waals surface area contributed by atoms with Gasteiger partial charge < -0.3 is 9.51 Å². The van der Waals surface area contributed by atoms with Crippen LogP contribution in [0.4, 0.5) is 0 Å². The molecule has 0 saturated carbocycles. The minimum Gasteiger partial charge on any atom is -0.386 e. The molecule has 1 aromatic carbocycles. The molecule has 2 aromatic heterocycles. The molecular formula is C15H12Cl2N2O. The normalized spacial score (nSPS) is 12.8. The van der Waals surface area contributed by atoms with Crippen LogP contribution in [0.5, 0.6) is 0 Å². The van der Waals surface area contributed by atoms with Crippen LogP contribution < -0.4 is 0 Å². The highest BCUT2D eigenvalue weighted by Gasteiger charge is 2.13. The zero-order valence-electron chi connectivity index (χ0n) is 10.5. The van der Waals surface area contributed by atoms with Gasteiger partial charge in [-0.3, -0.25) is 0 Å². The molecule has 5 heteroatoms. The molecule has 3 rings (SSSR count). The van der Waals surface area contributed by atoms with Gasteiger partial charge in [0.25, 0.3) is 0 Å². The smallest absolute Gasteiger partial charge is 0.137 e. The van der Waals surface area contributed by atoms with E-state index >= 15 is 0 Å². The van der Waals surface area contributed by atoms with Gasteiger partial charge in [0.05, 0.1) is 15.7 Å². The fourth-order valence-electron chi connectivity index (χ4n) is 2.11. The molecule has 0 aliphatic heterocycles. The third-order valence-electron chi connectivity index (χ3n) is 3.14. The van der Waals surface area contributed by atoms with Crippen LogP contribution >= 0.6 is 23.2 Å². The van der Waals surface area contributed by atoms with Crippen LogP contribution in [0.2, 0.25) is 10.0 Å². The van der Waals surface area contributed by atoms with E-state index in [1.54, 1.807) is 12.1 Å². The van der Waals surface area contributed by atoms with Gasteiger partial charge in [0, 0.05) is 18.8 Å². The maximum Gasteiger partial charge on any atom is 0.137 e. The quantitative estimate of drug-likeness (QED) is 0.796. The van der Waals surface area contributed by atoms with Crippen LogP contribution in [0.1, 0.15) is 17.4 Å². The number of aromatic nitrogens is 2. The monoisotopic (exact) mass is 306 g/mol. The highest BCUT2D eigenvalue weighted by molar-refractivity contribution is 6.42. The average Bonchev–Trinajstić information content (AvgIpc) is 2.87. The number of hydrogen-bond donors (Lipinski definition) is 1. The van der Waals surface area contributed by atoms with Crippen molar-refractivity contribution in [3.05, 3.63) is 70.1 Å². The number of aliphatic hydroxyl groups excluding tert-OH is 1. The minimum atomic E-state index is -0.674. The lowest BCUT2D eigenvalue weighted by Crippen LogP contribution is -2.02. The summed E-state index contributed by atoms with van der Waals surface area (Å²) in [5, 5.41) is 11.3. The third kappa shape index (κ3) is 2.66. The zero-order valence-corrected chi connectivity index (χ0v) is 12.0. The van der Waals surface area contributed by atoms with Crippen molar-refractivity contribution in [2.24, 2.45) is 0 Å². The molecule has 0 radical (unpaired) electrons. The number of rotatable bonds is 3. The summed E-state index contributed by atoms with van der Waals surface area (Å²) in [6, 6.07) is 11.1. The van der Waals surface area contributed by atoms with E-state index in [9.17, 15) is 5.11 Å². The molecule has 0 spiro atoms. The highest BCUT2D eigenvalue weighted by Crippen LogP contribution is 2.25. The molecule has 1 N–H and O–H groups in total. The van der Waals surface area contributed by atoms with Crippen molar-refractivity contribution >= 4 is 28.8 Å². The molecule has 1 unspecified atom stereocenters. The Morgan fingerprint density at radius 1 is 1.15 bits per heavy atom. The van der Waals surface area contributed by atoms with Crippen LogP contribution in [-0.4, -0.2) is 14.5 Å². The van der Waals surface area contributed by atoms with Crippen molar-refractivity contribution in [1.29, 1.82) is 0 Å². The summed E-state index contributed by atoms with van der Waals surface area (Å²) in [4.78, 5) is 4.40. The number of hydrogen-bond acceptors (Lipinski definition) is 2. The van der Waals surface area contributed by atoms with Crippen LogP contribution in [0.3, 0.4) is 0 Å². The van der Waals surface area contributed by atoms with Crippen molar-refractivity contribution in [3.63, 3.8) is 0 Å². The number of benzene rings is 1. The topological polar surface area (TPSA) is 37.5 Å². The van der Waals surface area contributed by atoms with E-state index in [1.807, 2.05) is 41.1 Å². The highest BCUT2D eigenvalue weighted by atomic mass is 35.5. The molecule has 0 aliphatic rings. The molecule has 102 valence electrons. The standard InChI is InChI=1S/C15H12Cl2N2O/c16-11-5-4-10(7-12(11)17)8-14(20)13-9-19-6-2-1-3-15(19)18-13/h1-7,9,14,20H,8H2. The van der Waals surface area contributed by atoms with Gasteiger partial charge in [-0.25, -0.2) is 4.98 Å². The number of nitrogens with zero attached hydrogens (tertiary/aromatic N) is 2. The summed E-state index contributed by atoms with van der Waals surface area (Å²) in [5.41, 5.74) is 2.38. The van der Waals surface area contributed by atoms with E-state index in [0.717, 1.165) is 11.2 Å². The van der Waals surface area contributed by atoms with Crippen LogP contribution in [0.15, 0.2) is 48.8 Å². The predicted molar refractivity (Wildman–Crippen MR) is 80.3 cm³/mol. The lowest BCUT2D eigenvalue weighted by atomic mass is 10.1. The van der Waals surface area contributed by atoms with E-state index in [-0.39, 0.29) is 0 Å². The molecule has 1 atom stereocenters.